The molecule has 1 aliphatic rings. The SMILES string of the molecule is Cn1nccc1CCC1=CC(O)CCCC1. The standard InChI is InChI=1S/C13H20N2O/c1-15-12(8-9-14-15)7-6-11-4-2-3-5-13(16)10-11/h8-10,13,16H,2-7H2,1H3. The number of allylic oxidation sites excluding steroid dienone is 1. The molecule has 0 radical (unpaired) electrons. The predicted molar refractivity (Wildman–Crippen MR) is 64.1 cm³/mol. The first-order valence-electron chi connectivity index (χ1n) is 6.10. The summed E-state index contributed by atoms with van der Waals surface area (Å²) in [5, 5.41) is 13.8. The summed E-state index contributed by atoms with van der Waals surface area (Å²) in [4.78, 5) is 0. The van der Waals surface area contributed by atoms with Crippen LogP contribution in [-0.2, 0) is 13.5 Å². The monoisotopic (exact) mass is 220 g/mol. The smallest absolute Gasteiger partial charge is 0.0723 e. The van der Waals surface area contributed by atoms with Gasteiger partial charge in [-0.3, -0.25) is 4.68 Å². The van der Waals surface area contributed by atoms with E-state index < -0.39 is 0 Å². The molecule has 0 saturated carbocycles. The van der Waals surface area contributed by atoms with Gasteiger partial charge in [-0.2, -0.15) is 5.10 Å². The first kappa shape index (κ1) is 11.4. The molecular formula is C13H20N2O. The average molecular weight is 220 g/mol. The second-order valence-electron chi connectivity index (χ2n) is 4.58. The van der Waals surface area contributed by atoms with Crippen LogP contribution in [0.2, 0.25) is 0 Å². The summed E-state index contributed by atoms with van der Waals surface area (Å²) in [6, 6.07) is 2.06. The van der Waals surface area contributed by atoms with E-state index in [1.165, 1.54) is 17.7 Å². The van der Waals surface area contributed by atoms with Gasteiger partial charge in [-0.15, -0.1) is 0 Å². The van der Waals surface area contributed by atoms with E-state index in [2.05, 4.69) is 17.2 Å². The highest BCUT2D eigenvalue weighted by molar-refractivity contribution is 5.10. The Kier molecular flexibility index (Phi) is 3.78. The Labute approximate surface area is 96.8 Å². The third-order valence-electron chi connectivity index (χ3n) is 3.30. The van der Waals surface area contributed by atoms with Crippen molar-refractivity contribution in [2.45, 2.75) is 44.6 Å². The molecule has 0 saturated heterocycles. The first-order valence-corrected chi connectivity index (χ1v) is 6.10. The average Bonchev–Trinajstić information content (AvgIpc) is 2.54. The number of aromatic nitrogens is 2. The van der Waals surface area contributed by atoms with Crippen LogP contribution in [0.25, 0.3) is 0 Å². The molecule has 1 atom stereocenters. The van der Waals surface area contributed by atoms with E-state index in [1.54, 1.807) is 0 Å². The van der Waals surface area contributed by atoms with Crippen molar-refractivity contribution in [2.24, 2.45) is 7.05 Å². The normalized spacial score (nSPS) is 21.6. The largest absolute Gasteiger partial charge is 0.389 e. The molecule has 3 nitrogen and oxygen atoms in total. The molecule has 2 rings (SSSR count). The maximum Gasteiger partial charge on any atom is 0.0723 e. The lowest BCUT2D eigenvalue weighted by Crippen LogP contribution is -2.02. The number of rotatable bonds is 3. The van der Waals surface area contributed by atoms with Crippen molar-refractivity contribution in [2.75, 3.05) is 0 Å². The topological polar surface area (TPSA) is 38.0 Å². The molecule has 1 unspecified atom stereocenters. The third-order valence-corrected chi connectivity index (χ3v) is 3.30. The first-order chi connectivity index (χ1) is 7.75. The molecule has 88 valence electrons. The van der Waals surface area contributed by atoms with E-state index in [1.807, 2.05) is 17.9 Å². The molecular weight excluding hydrogens is 200 g/mol. The molecule has 1 heterocycles. The van der Waals surface area contributed by atoms with Crippen LogP contribution >= 0.6 is 0 Å². The Balaban J connectivity index is 1.92. The van der Waals surface area contributed by atoms with Crippen molar-refractivity contribution in [1.82, 2.24) is 9.78 Å². The molecule has 1 N–H and O–H groups in total. The number of nitrogens with zero attached hydrogens (tertiary/aromatic N) is 2. The summed E-state index contributed by atoms with van der Waals surface area (Å²) in [6.07, 6.45) is 10.2. The van der Waals surface area contributed by atoms with Gasteiger partial charge in [0.25, 0.3) is 0 Å². The fraction of sp³-hybridized carbons (Fsp3) is 0.615. The molecule has 3 heteroatoms. The van der Waals surface area contributed by atoms with Crippen molar-refractivity contribution in [3.63, 3.8) is 0 Å². The van der Waals surface area contributed by atoms with Crippen LogP contribution in [0.4, 0.5) is 0 Å². The van der Waals surface area contributed by atoms with Crippen LogP contribution in [0.3, 0.4) is 0 Å². The summed E-state index contributed by atoms with van der Waals surface area (Å²) < 4.78 is 1.92. The molecule has 0 spiro atoms. The summed E-state index contributed by atoms with van der Waals surface area (Å²) in [7, 11) is 1.98. The van der Waals surface area contributed by atoms with Gasteiger partial charge in [0, 0.05) is 18.9 Å². The van der Waals surface area contributed by atoms with Gasteiger partial charge in [-0.25, -0.2) is 0 Å². The number of aliphatic hydroxyl groups is 1. The zero-order valence-electron chi connectivity index (χ0n) is 9.89. The van der Waals surface area contributed by atoms with Gasteiger partial charge >= 0.3 is 0 Å². The molecule has 0 aromatic carbocycles. The fourth-order valence-electron chi connectivity index (χ4n) is 2.29. The minimum Gasteiger partial charge on any atom is -0.389 e. The van der Waals surface area contributed by atoms with Gasteiger partial charge in [0.15, 0.2) is 0 Å². The highest BCUT2D eigenvalue weighted by Crippen LogP contribution is 2.21. The highest BCUT2D eigenvalue weighted by atomic mass is 16.3. The molecule has 16 heavy (non-hydrogen) atoms. The van der Waals surface area contributed by atoms with Crippen LogP contribution in [0, 0.1) is 0 Å². The molecule has 1 aliphatic carbocycles. The van der Waals surface area contributed by atoms with Crippen LogP contribution in [0.1, 0.15) is 37.8 Å². The zero-order valence-corrected chi connectivity index (χ0v) is 9.89. The van der Waals surface area contributed by atoms with Gasteiger partial charge in [0.2, 0.25) is 0 Å². The van der Waals surface area contributed by atoms with E-state index in [9.17, 15) is 5.11 Å². The van der Waals surface area contributed by atoms with Crippen molar-refractivity contribution in [3.05, 3.63) is 29.6 Å². The van der Waals surface area contributed by atoms with E-state index >= 15 is 0 Å². The summed E-state index contributed by atoms with van der Waals surface area (Å²) in [6.45, 7) is 0. The van der Waals surface area contributed by atoms with Gasteiger partial charge in [0.05, 0.1) is 6.10 Å². The predicted octanol–water partition coefficient (Wildman–Crippen LogP) is 2.21. The zero-order chi connectivity index (χ0) is 11.4. The second kappa shape index (κ2) is 5.30. The number of aryl methyl sites for hydroxylation is 2. The van der Waals surface area contributed by atoms with E-state index in [0.717, 1.165) is 32.1 Å². The minimum absolute atomic E-state index is 0.218. The Morgan fingerprint density at radius 3 is 3.06 bits per heavy atom. The fourth-order valence-corrected chi connectivity index (χ4v) is 2.29. The van der Waals surface area contributed by atoms with Crippen LogP contribution in [0.15, 0.2) is 23.9 Å². The maximum absolute atomic E-state index is 9.68. The molecule has 0 amide bonds. The molecule has 0 bridgehead atoms. The highest BCUT2D eigenvalue weighted by Gasteiger charge is 2.09. The number of aliphatic hydroxyl groups excluding tert-OH is 1. The van der Waals surface area contributed by atoms with E-state index in [-0.39, 0.29) is 6.10 Å². The van der Waals surface area contributed by atoms with Crippen molar-refractivity contribution >= 4 is 0 Å². The van der Waals surface area contributed by atoms with Gasteiger partial charge < -0.3 is 5.11 Å². The van der Waals surface area contributed by atoms with E-state index in [4.69, 9.17) is 0 Å². The summed E-state index contributed by atoms with van der Waals surface area (Å²) >= 11 is 0. The summed E-state index contributed by atoms with van der Waals surface area (Å²) in [5.74, 6) is 0. The lowest BCUT2D eigenvalue weighted by Gasteiger charge is -2.06. The molecule has 0 aliphatic heterocycles. The summed E-state index contributed by atoms with van der Waals surface area (Å²) in [5.41, 5.74) is 2.67. The quantitative estimate of drug-likeness (QED) is 0.793. The molecule has 0 fully saturated rings. The van der Waals surface area contributed by atoms with E-state index in [0.29, 0.717) is 0 Å². The van der Waals surface area contributed by atoms with Crippen LogP contribution in [-0.4, -0.2) is 21.0 Å². The minimum atomic E-state index is -0.218. The van der Waals surface area contributed by atoms with Crippen molar-refractivity contribution in [1.29, 1.82) is 0 Å². The van der Waals surface area contributed by atoms with Crippen LogP contribution < -0.4 is 0 Å². The molecule has 1 aromatic heterocycles. The maximum atomic E-state index is 9.68. The molecule has 1 aromatic rings. The second-order valence-corrected chi connectivity index (χ2v) is 4.58. The number of hydrogen-bond acceptors (Lipinski definition) is 2. The third kappa shape index (κ3) is 2.95. The Bertz CT molecular complexity index is 368. The Hall–Kier alpha value is -1.09. The Morgan fingerprint density at radius 1 is 1.44 bits per heavy atom. The lowest BCUT2D eigenvalue weighted by atomic mass is 10.0. The number of hydrogen-bond donors (Lipinski definition) is 1. The van der Waals surface area contributed by atoms with Gasteiger partial charge in [-0.05, 0) is 38.2 Å². The van der Waals surface area contributed by atoms with Crippen molar-refractivity contribution < 1.29 is 5.11 Å². The Morgan fingerprint density at radius 2 is 2.31 bits per heavy atom. The van der Waals surface area contributed by atoms with Crippen LogP contribution in [0.5, 0.6) is 0 Å². The lowest BCUT2D eigenvalue weighted by molar-refractivity contribution is 0.211. The van der Waals surface area contributed by atoms with Gasteiger partial charge in [0.1, 0.15) is 0 Å². The van der Waals surface area contributed by atoms with Crippen molar-refractivity contribution in [3.8, 4) is 0 Å². The van der Waals surface area contributed by atoms with Gasteiger partial charge in [-0.1, -0.05) is 18.1 Å².